The quantitative estimate of drug-likeness (QED) is 0.444. The largest absolute Gasteiger partial charge is 0.494 e. The van der Waals surface area contributed by atoms with Crippen LogP contribution >= 0.6 is 0 Å². The van der Waals surface area contributed by atoms with E-state index in [4.69, 9.17) is 9.47 Å². The van der Waals surface area contributed by atoms with Crippen LogP contribution in [0.5, 0.6) is 17.4 Å². The summed E-state index contributed by atoms with van der Waals surface area (Å²) < 4.78 is 39.0. The number of esters is 1. The average molecular weight is 365 g/mol. The first-order valence-electron chi connectivity index (χ1n) is 8.44. The number of halogens is 2. The normalized spacial score (nSPS) is 10.6. The highest BCUT2D eigenvalue weighted by Crippen LogP contribution is 2.18. The van der Waals surface area contributed by atoms with Gasteiger partial charge >= 0.3 is 12.6 Å². The molecule has 0 atom stereocenters. The molecular weight excluding hydrogens is 344 g/mol. The number of ether oxygens (including phenoxy) is 3. The Hall–Kier alpha value is -2.70. The van der Waals surface area contributed by atoms with Gasteiger partial charge in [-0.15, -0.1) is 0 Å². The lowest BCUT2D eigenvalue weighted by Gasteiger charge is -2.08. The van der Waals surface area contributed by atoms with Crippen molar-refractivity contribution in [1.29, 1.82) is 0 Å². The van der Waals surface area contributed by atoms with Crippen molar-refractivity contribution >= 4 is 5.97 Å². The second kappa shape index (κ2) is 10.3. The molecule has 0 aliphatic rings. The van der Waals surface area contributed by atoms with Crippen LogP contribution in [0.1, 0.15) is 43.0 Å². The lowest BCUT2D eigenvalue weighted by atomic mass is 10.2. The zero-order valence-corrected chi connectivity index (χ0v) is 14.5. The summed E-state index contributed by atoms with van der Waals surface area (Å²) in [6.07, 6.45) is 5.64. The summed E-state index contributed by atoms with van der Waals surface area (Å²) in [5.41, 5.74) is 0.344. The van der Waals surface area contributed by atoms with E-state index >= 15 is 0 Å². The van der Waals surface area contributed by atoms with Crippen LogP contribution in [0, 0.1) is 0 Å². The molecule has 0 fully saturated rings. The predicted octanol–water partition coefficient (Wildman–Crippen LogP) is 4.86. The maximum Gasteiger partial charge on any atom is 0.388 e. The molecule has 0 aliphatic heterocycles. The van der Waals surface area contributed by atoms with Crippen molar-refractivity contribution in [2.45, 2.75) is 39.2 Å². The minimum atomic E-state index is -2.96. The molecule has 0 saturated heterocycles. The molecule has 1 heterocycles. The van der Waals surface area contributed by atoms with Crippen molar-refractivity contribution in [1.82, 2.24) is 4.98 Å². The Kier molecular flexibility index (Phi) is 7.79. The van der Waals surface area contributed by atoms with Crippen LogP contribution in [-0.2, 0) is 0 Å². The number of aromatic nitrogens is 1. The van der Waals surface area contributed by atoms with Crippen molar-refractivity contribution < 1.29 is 27.8 Å². The van der Waals surface area contributed by atoms with Gasteiger partial charge in [0.25, 0.3) is 0 Å². The number of carbonyl (C=O) groups is 1. The Morgan fingerprint density at radius 3 is 2.38 bits per heavy atom. The molecule has 2 rings (SSSR count). The van der Waals surface area contributed by atoms with Crippen molar-refractivity contribution in [3.8, 4) is 17.4 Å². The zero-order valence-electron chi connectivity index (χ0n) is 14.5. The topological polar surface area (TPSA) is 57.7 Å². The number of rotatable bonds is 10. The smallest absolute Gasteiger partial charge is 0.388 e. The van der Waals surface area contributed by atoms with Crippen molar-refractivity contribution in [3.63, 3.8) is 0 Å². The first kappa shape index (κ1) is 19.6. The Balaban J connectivity index is 1.83. The minimum absolute atomic E-state index is 0.132. The molecule has 140 valence electrons. The van der Waals surface area contributed by atoms with Crippen LogP contribution in [0.2, 0.25) is 0 Å². The summed E-state index contributed by atoms with van der Waals surface area (Å²) in [5, 5.41) is 0. The van der Waals surface area contributed by atoms with E-state index in [1.807, 2.05) is 0 Å². The summed E-state index contributed by atoms with van der Waals surface area (Å²) in [7, 11) is 0. The fourth-order valence-corrected chi connectivity index (χ4v) is 2.16. The Labute approximate surface area is 150 Å². The highest BCUT2D eigenvalue weighted by atomic mass is 19.3. The summed E-state index contributed by atoms with van der Waals surface area (Å²) in [5.74, 6) is -0.00913. The number of benzene rings is 1. The van der Waals surface area contributed by atoms with E-state index in [0.29, 0.717) is 17.9 Å². The van der Waals surface area contributed by atoms with Gasteiger partial charge in [0.1, 0.15) is 11.5 Å². The molecule has 1 aromatic carbocycles. The molecule has 0 bridgehead atoms. The molecule has 1 aromatic heterocycles. The number of hydrogen-bond acceptors (Lipinski definition) is 5. The van der Waals surface area contributed by atoms with Gasteiger partial charge in [0.2, 0.25) is 5.88 Å². The third kappa shape index (κ3) is 6.66. The molecule has 0 saturated carbocycles. The molecule has 2 aromatic rings. The monoisotopic (exact) mass is 365 g/mol. The lowest BCUT2D eigenvalue weighted by Crippen LogP contribution is -2.09. The molecular formula is C19H21F2NO4. The number of hydrogen-bond donors (Lipinski definition) is 0. The summed E-state index contributed by atoms with van der Waals surface area (Å²) >= 11 is 0. The average Bonchev–Trinajstić information content (AvgIpc) is 2.63. The molecule has 26 heavy (non-hydrogen) atoms. The molecule has 0 N–H and O–H groups in total. The first-order valence-corrected chi connectivity index (χ1v) is 8.44. The summed E-state index contributed by atoms with van der Waals surface area (Å²) in [6.45, 7) is -0.161. The second-order valence-electron chi connectivity index (χ2n) is 5.53. The van der Waals surface area contributed by atoms with Gasteiger partial charge in [-0.3, -0.25) is 0 Å². The summed E-state index contributed by atoms with van der Waals surface area (Å²) in [6, 6.07) is 9.14. The van der Waals surface area contributed by atoms with Crippen molar-refractivity contribution in [2.75, 3.05) is 6.61 Å². The standard InChI is InChI=1S/C19H21F2NO4/c1-2-3-4-5-12-24-15-8-6-14(7-9-15)18(23)25-16-10-11-17(22-13-16)26-19(20)21/h6-11,13,19H,2-5,12H2,1H3. The van der Waals surface area contributed by atoms with Gasteiger partial charge in [-0.05, 0) is 36.8 Å². The van der Waals surface area contributed by atoms with Gasteiger partial charge in [-0.2, -0.15) is 8.78 Å². The Bertz CT molecular complexity index is 675. The Morgan fingerprint density at radius 1 is 1.04 bits per heavy atom. The number of alkyl halides is 2. The first-order chi connectivity index (χ1) is 12.6. The van der Waals surface area contributed by atoms with Crippen LogP contribution in [0.15, 0.2) is 42.6 Å². The minimum Gasteiger partial charge on any atom is -0.494 e. The van der Waals surface area contributed by atoms with Crippen LogP contribution in [0.3, 0.4) is 0 Å². The van der Waals surface area contributed by atoms with Gasteiger partial charge in [0, 0.05) is 6.07 Å². The van der Waals surface area contributed by atoms with E-state index < -0.39 is 12.6 Å². The van der Waals surface area contributed by atoms with Crippen LogP contribution in [0.4, 0.5) is 8.78 Å². The Morgan fingerprint density at radius 2 is 1.77 bits per heavy atom. The molecule has 0 unspecified atom stereocenters. The molecule has 0 radical (unpaired) electrons. The number of unbranched alkanes of at least 4 members (excludes halogenated alkanes) is 3. The molecule has 0 amide bonds. The van der Waals surface area contributed by atoms with E-state index in [1.165, 1.54) is 25.0 Å². The second-order valence-corrected chi connectivity index (χ2v) is 5.53. The highest BCUT2D eigenvalue weighted by molar-refractivity contribution is 5.91. The van der Waals surface area contributed by atoms with Gasteiger partial charge in [-0.25, -0.2) is 9.78 Å². The fraction of sp³-hybridized carbons (Fsp3) is 0.368. The fourth-order valence-electron chi connectivity index (χ4n) is 2.16. The van der Waals surface area contributed by atoms with Crippen molar-refractivity contribution in [3.05, 3.63) is 48.2 Å². The molecule has 0 aliphatic carbocycles. The van der Waals surface area contributed by atoms with Gasteiger partial charge in [0.15, 0.2) is 0 Å². The lowest BCUT2D eigenvalue weighted by molar-refractivity contribution is -0.0529. The molecule has 7 heteroatoms. The predicted molar refractivity (Wildman–Crippen MR) is 91.9 cm³/mol. The van der Waals surface area contributed by atoms with E-state index in [-0.39, 0.29) is 11.6 Å². The van der Waals surface area contributed by atoms with Gasteiger partial charge in [0.05, 0.1) is 18.4 Å². The van der Waals surface area contributed by atoms with E-state index in [2.05, 4.69) is 16.6 Å². The number of carbonyl (C=O) groups excluding carboxylic acids is 1. The van der Waals surface area contributed by atoms with E-state index in [1.54, 1.807) is 24.3 Å². The van der Waals surface area contributed by atoms with Crippen molar-refractivity contribution in [2.24, 2.45) is 0 Å². The van der Waals surface area contributed by atoms with Gasteiger partial charge < -0.3 is 14.2 Å². The maximum absolute atomic E-state index is 12.1. The number of pyridine rings is 1. The third-order valence-electron chi connectivity index (χ3n) is 3.49. The zero-order chi connectivity index (χ0) is 18.8. The van der Waals surface area contributed by atoms with Crippen LogP contribution in [-0.4, -0.2) is 24.2 Å². The maximum atomic E-state index is 12.1. The molecule has 5 nitrogen and oxygen atoms in total. The van der Waals surface area contributed by atoms with E-state index in [0.717, 1.165) is 19.0 Å². The van der Waals surface area contributed by atoms with Crippen LogP contribution < -0.4 is 14.2 Å². The SMILES string of the molecule is CCCCCCOc1ccc(C(=O)Oc2ccc(OC(F)F)nc2)cc1. The van der Waals surface area contributed by atoms with E-state index in [9.17, 15) is 13.6 Å². The van der Waals surface area contributed by atoms with Crippen LogP contribution in [0.25, 0.3) is 0 Å². The molecule has 0 spiro atoms. The highest BCUT2D eigenvalue weighted by Gasteiger charge is 2.10. The third-order valence-corrected chi connectivity index (χ3v) is 3.49. The van der Waals surface area contributed by atoms with Gasteiger partial charge in [-0.1, -0.05) is 26.2 Å². The number of nitrogens with zero attached hydrogens (tertiary/aromatic N) is 1. The summed E-state index contributed by atoms with van der Waals surface area (Å²) in [4.78, 5) is 15.7.